The number of nitrogens with one attached hydrogen (secondary N) is 1. The molecule has 1 heterocycles. The van der Waals surface area contributed by atoms with Gasteiger partial charge in [0.1, 0.15) is 6.20 Å². The molecule has 0 fully saturated rings. The predicted octanol–water partition coefficient (Wildman–Crippen LogP) is -1.81. The highest BCUT2D eigenvalue weighted by molar-refractivity contribution is 5.29. The van der Waals surface area contributed by atoms with Gasteiger partial charge in [-0.05, 0) is 6.92 Å². The van der Waals surface area contributed by atoms with E-state index in [1.807, 2.05) is 6.08 Å². The lowest BCUT2D eigenvalue weighted by atomic mass is 10.6. The van der Waals surface area contributed by atoms with Crippen molar-refractivity contribution in [1.82, 2.24) is 4.90 Å². The van der Waals surface area contributed by atoms with Crippen molar-refractivity contribution in [3.63, 3.8) is 0 Å². The van der Waals surface area contributed by atoms with Gasteiger partial charge in [-0.3, -0.25) is 4.90 Å². The van der Waals surface area contributed by atoms with Crippen LogP contribution in [-0.2, 0) is 4.79 Å². The third-order valence-electron chi connectivity index (χ3n) is 1.74. The summed E-state index contributed by atoms with van der Waals surface area (Å²) in [5, 5.41) is 8.25. The average Bonchev–Trinajstić information content (AvgIpc) is 2.54. The Balaban J connectivity index is 0.000000424. The molecule has 0 radical (unpaired) electrons. The van der Waals surface area contributed by atoms with Crippen LogP contribution in [-0.4, -0.2) is 31.1 Å². The van der Waals surface area contributed by atoms with Gasteiger partial charge in [0.05, 0.1) is 12.7 Å². The van der Waals surface area contributed by atoms with Crippen LogP contribution in [0.25, 0.3) is 0 Å². The van der Waals surface area contributed by atoms with Gasteiger partial charge in [0.2, 0.25) is 0 Å². The standard InChI is InChI=1S/C8H14N2.CH2O2/c1-3-5-10-7-6-9(4-2)8-10;2-1-3/h3,6-7H,1,4-5,8H2,2H3;1H,(H,2,3). The zero-order chi connectivity index (χ0) is 10.1. The van der Waals surface area contributed by atoms with Crippen LogP contribution in [0.15, 0.2) is 25.1 Å². The second-order valence-corrected chi connectivity index (χ2v) is 2.64. The van der Waals surface area contributed by atoms with Crippen LogP contribution < -0.4 is 10.0 Å². The SMILES string of the molecule is C=CCN1C=C[NH+](CC)C1.O=C[O-]. The van der Waals surface area contributed by atoms with Gasteiger partial charge in [-0.15, -0.1) is 6.58 Å². The number of rotatable bonds is 3. The molecule has 4 heteroatoms. The van der Waals surface area contributed by atoms with E-state index in [0.29, 0.717) is 0 Å². The first-order valence-electron chi connectivity index (χ1n) is 4.21. The van der Waals surface area contributed by atoms with E-state index in [1.54, 1.807) is 0 Å². The lowest BCUT2D eigenvalue weighted by Gasteiger charge is -2.13. The van der Waals surface area contributed by atoms with Crippen LogP contribution in [0.3, 0.4) is 0 Å². The summed E-state index contributed by atoms with van der Waals surface area (Å²) in [4.78, 5) is 12.0. The monoisotopic (exact) mass is 184 g/mol. The van der Waals surface area contributed by atoms with Crippen molar-refractivity contribution in [1.29, 1.82) is 0 Å². The molecule has 0 saturated carbocycles. The molecule has 1 rings (SSSR count). The van der Waals surface area contributed by atoms with Crippen molar-refractivity contribution in [3.8, 4) is 0 Å². The molecule has 0 bridgehead atoms. The molecule has 13 heavy (non-hydrogen) atoms. The normalized spacial score (nSPS) is 19.2. The summed E-state index contributed by atoms with van der Waals surface area (Å²) >= 11 is 0. The number of carboxylic acid groups (broad SMARTS) is 1. The molecule has 1 aliphatic rings. The van der Waals surface area contributed by atoms with E-state index in [9.17, 15) is 0 Å². The van der Waals surface area contributed by atoms with Gasteiger partial charge in [-0.25, -0.2) is 0 Å². The van der Waals surface area contributed by atoms with E-state index < -0.39 is 6.47 Å². The Kier molecular flexibility index (Phi) is 6.63. The fourth-order valence-electron chi connectivity index (χ4n) is 1.10. The van der Waals surface area contributed by atoms with Crippen LogP contribution in [0.4, 0.5) is 0 Å². The topological polar surface area (TPSA) is 47.8 Å². The number of hydrogen-bond acceptors (Lipinski definition) is 3. The van der Waals surface area contributed by atoms with E-state index in [-0.39, 0.29) is 0 Å². The summed E-state index contributed by atoms with van der Waals surface area (Å²) < 4.78 is 0. The fourth-order valence-corrected chi connectivity index (χ4v) is 1.10. The molecule has 0 aromatic heterocycles. The molecule has 1 unspecified atom stereocenters. The molecular formula is C9H16N2O2. The maximum absolute atomic E-state index is 8.25. The van der Waals surface area contributed by atoms with Crippen LogP contribution >= 0.6 is 0 Å². The smallest absolute Gasteiger partial charge is 0.157 e. The quantitative estimate of drug-likeness (QED) is 0.415. The first-order chi connectivity index (χ1) is 6.28. The Morgan fingerprint density at radius 3 is 2.77 bits per heavy atom. The summed E-state index contributed by atoms with van der Waals surface area (Å²) in [5.41, 5.74) is 0. The third-order valence-corrected chi connectivity index (χ3v) is 1.74. The molecular weight excluding hydrogens is 168 g/mol. The van der Waals surface area contributed by atoms with Gasteiger partial charge >= 0.3 is 0 Å². The number of carbonyl (C=O) groups excluding carboxylic acids is 1. The molecule has 1 aliphatic heterocycles. The van der Waals surface area contributed by atoms with Gasteiger partial charge in [0.25, 0.3) is 0 Å². The van der Waals surface area contributed by atoms with Gasteiger partial charge < -0.3 is 14.8 Å². The summed E-state index contributed by atoms with van der Waals surface area (Å²) in [6.07, 6.45) is 6.27. The first kappa shape index (κ1) is 11.7. The van der Waals surface area contributed by atoms with E-state index in [1.165, 1.54) is 11.4 Å². The first-order valence-corrected chi connectivity index (χ1v) is 4.21. The highest BCUT2D eigenvalue weighted by Crippen LogP contribution is 1.88. The minimum absolute atomic E-state index is 0.500. The van der Waals surface area contributed by atoms with Crippen molar-refractivity contribution in [2.24, 2.45) is 0 Å². The summed E-state index contributed by atoms with van der Waals surface area (Å²) in [6, 6.07) is 0. The van der Waals surface area contributed by atoms with E-state index in [2.05, 4.69) is 30.8 Å². The molecule has 0 spiro atoms. The lowest BCUT2D eigenvalue weighted by Crippen LogP contribution is -3.06. The average molecular weight is 184 g/mol. The van der Waals surface area contributed by atoms with Gasteiger partial charge in [-0.2, -0.15) is 0 Å². The largest absolute Gasteiger partial charge is 0.554 e. The highest BCUT2D eigenvalue weighted by atomic mass is 16.3. The number of nitrogens with zero attached hydrogens (tertiary/aromatic N) is 1. The molecule has 0 saturated heterocycles. The lowest BCUT2D eigenvalue weighted by molar-refractivity contribution is -0.846. The van der Waals surface area contributed by atoms with E-state index >= 15 is 0 Å². The minimum Gasteiger partial charge on any atom is -0.554 e. The van der Waals surface area contributed by atoms with Crippen molar-refractivity contribution < 1.29 is 14.8 Å². The third kappa shape index (κ3) is 5.03. The molecule has 0 aliphatic carbocycles. The Morgan fingerprint density at radius 2 is 2.38 bits per heavy atom. The van der Waals surface area contributed by atoms with Crippen LogP contribution in [0.5, 0.6) is 0 Å². The molecule has 0 aromatic rings. The summed E-state index contributed by atoms with van der Waals surface area (Å²) in [5.74, 6) is 0. The number of quaternary nitrogens is 1. The van der Waals surface area contributed by atoms with Crippen LogP contribution in [0.2, 0.25) is 0 Å². The maximum atomic E-state index is 8.25. The Morgan fingerprint density at radius 1 is 1.77 bits per heavy atom. The fraction of sp³-hybridized carbons (Fsp3) is 0.444. The zero-order valence-corrected chi connectivity index (χ0v) is 7.90. The van der Waals surface area contributed by atoms with E-state index in [4.69, 9.17) is 9.90 Å². The summed E-state index contributed by atoms with van der Waals surface area (Å²) in [7, 11) is 0. The van der Waals surface area contributed by atoms with Crippen LogP contribution in [0.1, 0.15) is 6.92 Å². The zero-order valence-electron chi connectivity index (χ0n) is 7.90. The molecule has 4 nitrogen and oxygen atoms in total. The minimum atomic E-state index is -0.500. The maximum Gasteiger partial charge on any atom is 0.157 e. The van der Waals surface area contributed by atoms with Crippen molar-refractivity contribution in [2.75, 3.05) is 19.8 Å². The Hall–Kier alpha value is -1.29. The summed E-state index contributed by atoms with van der Waals surface area (Å²) in [6.45, 7) is 8.62. The Labute approximate surface area is 78.8 Å². The molecule has 0 aromatic carbocycles. The number of carbonyl (C=O) groups is 1. The second kappa shape index (κ2) is 7.36. The van der Waals surface area contributed by atoms with Gasteiger partial charge in [0, 0.05) is 13.0 Å². The molecule has 1 atom stereocenters. The Bertz CT molecular complexity index is 180. The molecule has 74 valence electrons. The highest BCUT2D eigenvalue weighted by Gasteiger charge is 2.12. The van der Waals surface area contributed by atoms with Crippen LogP contribution in [0, 0.1) is 0 Å². The molecule has 0 amide bonds. The second-order valence-electron chi connectivity index (χ2n) is 2.64. The van der Waals surface area contributed by atoms with Crippen molar-refractivity contribution in [2.45, 2.75) is 6.92 Å². The van der Waals surface area contributed by atoms with Gasteiger partial charge in [0.15, 0.2) is 6.67 Å². The van der Waals surface area contributed by atoms with Crippen molar-refractivity contribution in [3.05, 3.63) is 25.1 Å². The number of hydrogen-bond donors (Lipinski definition) is 1. The van der Waals surface area contributed by atoms with Gasteiger partial charge in [-0.1, -0.05) is 6.08 Å². The predicted molar refractivity (Wildman–Crippen MR) is 48.5 cm³/mol. The molecule has 1 N–H and O–H groups in total. The van der Waals surface area contributed by atoms with E-state index in [0.717, 1.165) is 13.2 Å². The van der Waals surface area contributed by atoms with Crippen molar-refractivity contribution >= 4 is 6.47 Å².